The van der Waals surface area contributed by atoms with Gasteiger partial charge in [0.25, 0.3) is 5.91 Å². The molecule has 6 nitrogen and oxygen atoms in total. The van der Waals surface area contributed by atoms with Crippen LogP contribution in [-0.4, -0.2) is 30.4 Å². The Morgan fingerprint density at radius 3 is 2.69 bits per heavy atom. The monoisotopic (exact) mass is 453 g/mol. The summed E-state index contributed by atoms with van der Waals surface area (Å²) in [5.41, 5.74) is -1.52. The Morgan fingerprint density at radius 2 is 2.08 bits per heavy atom. The Morgan fingerprint density at radius 1 is 1.38 bits per heavy atom. The maximum Gasteiger partial charge on any atom is 0.417 e. The van der Waals surface area contributed by atoms with Gasteiger partial charge >= 0.3 is 12.1 Å². The average molecular weight is 454 g/mol. The number of rotatable bonds is 3. The third kappa shape index (κ3) is 4.69. The van der Waals surface area contributed by atoms with Gasteiger partial charge in [-0.3, -0.25) is 10.1 Å². The molecule has 0 atom stereocenters. The van der Waals surface area contributed by atoms with Crippen molar-refractivity contribution in [2.45, 2.75) is 6.18 Å². The standard InChI is InChI=1S/C14H8BrF4N3O3S/c1-25-10(23)4-9-12(24)21-13(26-9)22-20-5-6-8(16)3-2-7(11(6)15)14(17,18)19/h2-5H,1H3,(H,21,22,24)/b9-4+,20-5?. The quantitative estimate of drug-likeness (QED) is 0.250. The summed E-state index contributed by atoms with van der Waals surface area (Å²) in [6.45, 7) is 0. The van der Waals surface area contributed by atoms with E-state index in [0.29, 0.717) is 12.1 Å². The molecule has 1 aliphatic heterocycles. The highest BCUT2D eigenvalue weighted by Crippen LogP contribution is 2.36. The summed E-state index contributed by atoms with van der Waals surface area (Å²) in [4.78, 5) is 22.7. The lowest BCUT2D eigenvalue weighted by molar-refractivity contribution is -0.138. The van der Waals surface area contributed by atoms with Crippen molar-refractivity contribution < 1.29 is 31.9 Å². The SMILES string of the molecule is COC(=O)/C=C1/S/C(=N\N=Cc2c(F)ccc(C(F)(F)F)c2Br)NC1=O. The van der Waals surface area contributed by atoms with Crippen LogP contribution in [0.1, 0.15) is 11.1 Å². The molecule has 1 aromatic rings. The number of ether oxygens (including phenoxy) is 1. The number of hydrogen-bond acceptors (Lipinski definition) is 6. The lowest BCUT2D eigenvalue weighted by Gasteiger charge is -2.10. The zero-order valence-corrected chi connectivity index (χ0v) is 15.1. The van der Waals surface area contributed by atoms with Crippen molar-refractivity contribution in [3.8, 4) is 0 Å². The summed E-state index contributed by atoms with van der Waals surface area (Å²) < 4.78 is 56.1. The second kappa shape index (κ2) is 7.99. The summed E-state index contributed by atoms with van der Waals surface area (Å²) in [6, 6.07) is 1.25. The van der Waals surface area contributed by atoms with Gasteiger partial charge in [-0.25, -0.2) is 9.18 Å². The zero-order chi connectivity index (χ0) is 19.5. The van der Waals surface area contributed by atoms with Gasteiger partial charge in [-0.05, 0) is 39.8 Å². The van der Waals surface area contributed by atoms with E-state index < -0.39 is 39.5 Å². The number of nitrogens with zero attached hydrogens (tertiary/aromatic N) is 2. The first-order valence-electron chi connectivity index (χ1n) is 6.58. The van der Waals surface area contributed by atoms with E-state index in [1.807, 2.05) is 0 Å². The normalized spacial score (nSPS) is 18.0. The number of alkyl halides is 3. The topological polar surface area (TPSA) is 80.1 Å². The van der Waals surface area contributed by atoms with Crippen LogP contribution in [0.4, 0.5) is 17.6 Å². The van der Waals surface area contributed by atoms with E-state index >= 15 is 0 Å². The molecule has 0 spiro atoms. The molecule has 0 radical (unpaired) electrons. The number of amidine groups is 1. The fraction of sp³-hybridized carbons (Fsp3) is 0.143. The molecule has 0 bridgehead atoms. The second-order valence-corrected chi connectivity index (χ2v) is 6.38. The minimum atomic E-state index is -4.68. The Labute approximate surface area is 156 Å². The molecule has 1 heterocycles. The largest absolute Gasteiger partial charge is 0.466 e. The van der Waals surface area contributed by atoms with E-state index in [1.165, 1.54) is 0 Å². The highest BCUT2D eigenvalue weighted by atomic mass is 79.9. The van der Waals surface area contributed by atoms with E-state index in [2.05, 4.69) is 36.2 Å². The van der Waals surface area contributed by atoms with Gasteiger partial charge in [0.05, 0.1) is 23.8 Å². The highest BCUT2D eigenvalue weighted by Gasteiger charge is 2.34. The minimum absolute atomic E-state index is 0.00256. The van der Waals surface area contributed by atoms with Crippen molar-refractivity contribution in [2.24, 2.45) is 10.2 Å². The van der Waals surface area contributed by atoms with Crippen LogP contribution in [0.15, 0.2) is 37.8 Å². The maximum absolute atomic E-state index is 13.8. The van der Waals surface area contributed by atoms with Gasteiger partial charge in [0.2, 0.25) is 0 Å². The fourth-order valence-corrected chi connectivity index (χ4v) is 3.07. The maximum atomic E-state index is 13.8. The summed E-state index contributed by atoms with van der Waals surface area (Å²) in [7, 11) is 1.14. The Balaban J connectivity index is 2.24. The minimum Gasteiger partial charge on any atom is -0.466 e. The zero-order valence-electron chi connectivity index (χ0n) is 12.7. The molecule has 0 saturated carbocycles. The number of benzene rings is 1. The summed E-state index contributed by atoms with van der Waals surface area (Å²) in [5.74, 6) is -2.31. The fourth-order valence-electron chi connectivity index (χ4n) is 1.69. The predicted molar refractivity (Wildman–Crippen MR) is 90.0 cm³/mol. The third-order valence-corrected chi connectivity index (χ3v) is 4.62. The van der Waals surface area contributed by atoms with E-state index in [0.717, 1.165) is 31.2 Å². The molecule has 12 heteroatoms. The number of carbonyl (C=O) groups is 2. The first kappa shape index (κ1) is 20.1. The van der Waals surface area contributed by atoms with Gasteiger partial charge in [-0.1, -0.05) is 0 Å². The molecule has 2 rings (SSSR count). The van der Waals surface area contributed by atoms with Crippen LogP contribution < -0.4 is 5.32 Å². The molecule has 0 aliphatic carbocycles. The summed E-state index contributed by atoms with van der Waals surface area (Å²) in [6.07, 6.45) is -2.96. The van der Waals surface area contributed by atoms with Crippen molar-refractivity contribution >= 4 is 51.0 Å². The summed E-state index contributed by atoms with van der Waals surface area (Å²) >= 11 is 3.46. The van der Waals surface area contributed by atoms with Gasteiger partial charge in [0.15, 0.2) is 5.17 Å². The number of carbonyl (C=O) groups excluding carboxylic acids is 2. The number of hydrogen-bond donors (Lipinski definition) is 1. The molecular weight excluding hydrogens is 446 g/mol. The van der Waals surface area contributed by atoms with E-state index in [4.69, 9.17) is 0 Å². The van der Waals surface area contributed by atoms with Crippen LogP contribution in [0, 0.1) is 5.82 Å². The Hall–Kier alpha value is -2.21. The number of thioether (sulfide) groups is 1. The first-order chi connectivity index (χ1) is 12.1. The van der Waals surface area contributed by atoms with Gasteiger partial charge in [0.1, 0.15) is 5.82 Å². The first-order valence-corrected chi connectivity index (χ1v) is 8.19. The predicted octanol–water partition coefficient (Wildman–Crippen LogP) is 3.22. The van der Waals surface area contributed by atoms with Gasteiger partial charge < -0.3 is 4.74 Å². The highest BCUT2D eigenvalue weighted by molar-refractivity contribution is 9.10. The molecule has 1 N–H and O–H groups in total. The van der Waals surface area contributed by atoms with Crippen molar-refractivity contribution in [1.29, 1.82) is 0 Å². The second-order valence-electron chi connectivity index (χ2n) is 4.56. The van der Waals surface area contributed by atoms with Crippen LogP contribution >= 0.6 is 27.7 Å². The van der Waals surface area contributed by atoms with Crippen LogP contribution in [0.5, 0.6) is 0 Å². The number of halogens is 5. The van der Waals surface area contributed by atoms with Gasteiger partial charge in [0, 0.05) is 16.1 Å². The van der Waals surface area contributed by atoms with Crippen molar-refractivity contribution in [1.82, 2.24) is 5.32 Å². The van der Waals surface area contributed by atoms with Crippen LogP contribution in [-0.2, 0) is 20.5 Å². The molecule has 26 heavy (non-hydrogen) atoms. The van der Waals surface area contributed by atoms with E-state index in [9.17, 15) is 27.2 Å². The molecule has 1 aromatic carbocycles. The van der Waals surface area contributed by atoms with Gasteiger partial charge in [-0.2, -0.15) is 18.3 Å². The number of nitrogens with one attached hydrogen (secondary N) is 1. The van der Waals surface area contributed by atoms with Gasteiger partial charge in [-0.15, -0.1) is 5.10 Å². The molecular formula is C14H8BrF4N3O3S. The summed E-state index contributed by atoms with van der Waals surface area (Å²) in [5, 5.41) is 9.31. The van der Waals surface area contributed by atoms with Crippen LogP contribution in [0.3, 0.4) is 0 Å². The lowest BCUT2D eigenvalue weighted by Crippen LogP contribution is -2.19. The molecule has 0 aromatic heterocycles. The van der Waals surface area contributed by atoms with E-state index in [1.54, 1.807) is 0 Å². The van der Waals surface area contributed by atoms with Crippen LogP contribution in [0.25, 0.3) is 0 Å². The number of esters is 1. The van der Waals surface area contributed by atoms with E-state index in [-0.39, 0.29) is 10.1 Å². The Kier molecular flexibility index (Phi) is 6.18. The lowest BCUT2D eigenvalue weighted by atomic mass is 10.1. The smallest absolute Gasteiger partial charge is 0.417 e. The van der Waals surface area contributed by atoms with Crippen LogP contribution in [0.2, 0.25) is 0 Å². The number of methoxy groups -OCH3 is 1. The van der Waals surface area contributed by atoms with Crippen molar-refractivity contribution in [2.75, 3.05) is 7.11 Å². The van der Waals surface area contributed by atoms with Crippen molar-refractivity contribution in [3.05, 3.63) is 44.5 Å². The molecule has 1 fully saturated rings. The molecule has 1 aliphatic rings. The molecule has 0 unspecified atom stereocenters. The molecule has 1 amide bonds. The molecule has 138 valence electrons. The van der Waals surface area contributed by atoms with Crippen molar-refractivity contribution in [3.63, 3.8) is 0 Å². The number of amides is 1. The molecule has 1 saturated heterocycles. The average Bonchev–Trinajstić information content (AvgIpc) is 2.88. The third-order valence-electron chi connectivity index (χ3n) is 2.87. The Bertz CT molecular complexity index is 853.